The number of hydrogen-bond donors (Lipinski definition) is 4. The third-order valence-electron chi connectivity index (χ3n) is 6.37. The Labute approximate surface area is 213 Å². The summed E-state index contributed by atoms with van der Waals surface area (Å²) in [6.45, 7) is 1.78. The zero-order valence-electron chi connectivity index (χ0n) is 20.1. The van der Waals surface area contributed by atoms with Crippen LogP contribution in [-0.2, 0) is 6.54 Å². The Morgan fingerprint density at radius 1 is 0.919 bits per heavy atom. The van der Waals surface area contributed by atoms with Gasteiger partial charge in [0.15, 0.2) is 0 Å². The number of aromatic nitrogens is 2. The molecule has 0 saturated carbocycles. The number of fused-ring (bicyclic) bond motifs is 1. The normalized spacial score (nSPS) is 12.9. The average Bonchev–Trinajstić information content (AvgIpc) is 3.47. The molecule has 186 valence electrons. The number of aromatic hydroxyl groups is 1. The van der Waals surface area contributed by atoms with E-state index in [0.29, 0.717) is 33.6 Å². The molecular formula is C28H26N6O3. The van der Waals surface area contributed by atoms with E-state index >= 15 is 0 Å². The van der Waals surface area contributed by atoms with Crippen molar-refractivity contribution in [1.82, 2.24) is 20.2 Å². The minimum atomic E-state index is -0.381. The van der Waals surface area contributed by atoms with Gasteiger partial charge < -0.3 is 20.6 Å². The molecule has 2 heterocycles. The van der Waals surface area contributed by atoms with Crippen LogP contribution in [-0.4, -0.2) is 50.7 Å². The molecule has 9 nitrogen and oxygen atoms in total. The molecule has 0 radical (unpaired) electrons. The van der Waals surface area contributed by atoms with Crippen LogP contribution in [0.25, 0.3) is 10.9 Å². The quantitative estimate of drug-likeness (QED) is 0.237. The number of likely N-dealkylation sites (tertiary alicyclic amines) is 1. The maximum absolute atomic E-state index is 12.8. The fraction of sp³-hybridized carbons (Fsp3) is 0.179. The fourth-order valence-corrected chi connectivity index (χ4v) is 4.34. The van der Waals surface area contributed by atoms with Crippen molar-refractivity contribution in [2.24, 2.45) is 0 Å². The van der Waals surface area contributed by atoms with Crippen molar-refractivity contribution >= 4 is 34.4 Å². The Bertz CT molecular complexity index is 1480. The minimum absolute atomic E-state index is 0.0102. The van der Waals surface area contributed by atoms with E-state index < -0.39 is 0 Å². The maximum Gasteiger partial charge on any atom is 0.256 e. The zero-order chi connectivity index (χ0) is 25.8. The summed E-state index contributed by atoms with van der Waals surface area (Å²) in [5, 5.41) is 25.3. The SMILES string of the molecule is N=C(NC(=O)c1ccccc1)c1ccc(O)c(CNc2ncnc3cc(C(=O)N4CCCC4)ccc23)c1. The Hall–Kier alpha value is -4.79. The highest BCUT2D eigenvalue weighted by atomic mass is 16.3. The van der Waals surface area contributed by atoms with Gasteiger partial charge in [0, 0.05) is 47.3 Å². The molecule has 1 saturated heterocycles. The standard InChI is InChI=1S/C28H26N6O3/c29-25(33-27(36)18-6-2-1-3-7-18)19-9-11-24(35)21(14-19)16-30-26-22-10-8-20(15-23(22)31-17-32-26)28(37)34-12-4-5-13-34/h1-3,6-11,14-15,17,35H,4-5,12-13,16H2,(H2,29,33,36)(H,30,31,32). The monoisotopic (exact) mass is 494 g/mol. The summed E-state index contributed by atoms with van der Waals surface area (Å²) in [6, 6.07) is 18.8. The molecule has 1 aliphatic heterocycles. The van der Waals surface area contributed by atoms with Crippen molar-refractivity contribution < 1.29 is 14.7 Å². The summed E-state index contributed by atoms with van der Waals surface area (Å²) in [7, 11) is 0. The molecule has 0 unspecified atom stereocenters. The molecule has 5 rings (SSSR count). The minimum Gasteiger partial charge on any atom is -0.508 e. The van der Waals surface area contributed by atoms with E-state index in [1.54, 1.807) is 48.5 Å². The lowest BCUT2D eigenvalue weighted by atomic mass is 10.1. The number of anilines is 1. The number of benzene rings is 3. The van der Waals surface area contributed by atoms with E-state index in [0.717, 1.165) is 31.3 Å². The Morgan fingerprint density at radius 2 is 1.68 bits per heavy atom. The lowest BCUT2D eigenvalue weighted by molar-refractivity contribution is 0.0792. The predicted octanol–water partition coefficient (Wildman–Crippen LogP) is 3.94. The van der Waals surface area contributed by atoms with Gasteiger partial charge in [-0.2, -0.15) is 0 Å². The number of amides is 2. The van der Waals surface area contributed by atoms with Crippen LogP contribution in [0.15, 0.2) is 73.1 Å². The van der Waals surface area contributed by atoms with Gasteiger partial charge in [-0.25, -0.2) is 9.97 Å². The smallest absolute Gasteiger partial charge is 0.256 e. The van der Waals surface area contributed by atoms with Crippen LogP contribution in [0.1, 0.15) is 44.7 Å². The van der Waals surface area contributed by atoms with Crippen LogP contribution in [0.3, 0.4) is 0 Å². The summed E-state index contributed by atoms with van der Waals surface area (Å²) in [5.41, 5.74) is 2.68. The molecule has 4 N–H and O–H groups in total. The van der Waals surface area contributed by atoms with E-state index in [-0.39, 0.29) is 29.9 Å². The zero-order valence-corrected chi connectivity index (χ0v) is 20.1. The number of carbonyl (C=O) groups is 2. The van der Waals surface area contributed by atoms with E-state index in [1.165, 1.54) is 12.4 Å². The van der Waals surface area contributed by atoms with Gasteiger partial charge in [0.05, 0.1) is 5.52 Å². The van der Waals surface area contributed by atoms with Crippen molar-refractivity contribution in [2.45, 2.75) is 19.4 Å². The van der Waals surface area contributed by atoms with Crippen LogP contribution in [0.5, 0.6) is 5.75 Å². The van der Waals surface area contributed by atoms with Crippen LogP contribution in [0.2, 0.25) is 0 Å². The first-order valence-corrected chi connectivity index (χ1v) is 12.0. The molecule has 0 bridgehead atoms. The first kappa shape index (κ1) is 23.9. The van der Waals surface area contributed by atoms with Gasteiger partial charge in [0.2, 0.25) is 0 Å². The van der Waals surface area contributed by atoms with Gasteiger partial charge in [-0.15, -0.1) is 0 Å². The van der Waals surface area contributed by atoms with Gasteiger partial charge in [-0.1, -0.05) is 18.2 Å². The van der Waals surface area contributed by atoms with Crippen molar-refractivity contribution in [2.75, 3.05) is 18.4 Å². The molecule has 0 aliphatic carbocycles. The molecule has 9 heteroatoms. The second-order valence-electron chi connectivity index (χ2n) is 8.85. The molecular weight excluding hydrogens is 468 g/mol. The average molecular weight is 495 g/mol. The van der Waals surface area contributed by atoms with Crippen LogP contribution < -0.4 is 10.6 Å². The first-order chi connectivity index (χ1) is 18.0. The highest BCUT2D eigenvalue weighted by molar-refractivity contribution is 6.11. The third kappa shape index (κ3) is 5.25. The second kappa shape index (κ2) is 10.4. The second-order valence-corrected chi connectivity index (χ2v) is 8.85. The van der Waals surface area contributed by atoms with Crippen LogP contribution >= 0.6 is 0 Å². The summed E-state index contributed by atoms with van der Waals surface area (Å²) in [4.78, 5) is 35.7. The summed E-state index contributed by atoms with van der Waals surface area (Å²) in [5.74, 6) is 0.167. The third-order valence-corrected chi connectivity index (χ3v) is 6.37. The summed E-state index contributed by atoms with van der Waals surface area (Å²) in [6.07, 6.45) is 3.49. The Balaban J connectivity index is 1.30. The predicted molar refractivity (Wildman–Crippen MR) is 141 cm³/mol. The van der Waals surface area contributed by atoms with Gasteiger partial charge in [-0.3, -0.25) is 15.0 Å². The lowest BCUT2D eigenvalue weighted by Gasteiger charge is -2.16. The molecule has 4 aromatic rings. The molecule has 1 fully saturated rings. The van der Waals surface area contributed by atoms with Crippen molar-refractivity contribution in [3.63, 3.8) is 0 Å². The van der Waals surface area contributed by atoms with E-state index in [9.17, 15) is 14.7 Å². The number of phenols is 1. The van der Waals surface area contributed by atoms with Crippen LogP contribution in [0, 0.1) is 5.41 Å². The summed E-state index contributed by atoms with van der Waals surface area (Å²) < 4.78 is 0. The molecule has 3 aromatic carbocycles. The molecule has 2 amide bonds. The number of amidine groups is 1. The maximum atomic E-state index is 12.8. The topological polar surface area (TPSA) is 131 Å². The van der Waals surface area contributed by atoms with Gasteiger partial charge in [0.1, 0.15) is 23.7 Å². The number of carbonyl (C=O) groups excluding carboxylic acids is 2. The van der Waals surface area contributed by atoms with E-state index in [1.807, 2.05) is 17.0 Å². The highest BCUT2D eigenvalue weighted by Crippen LogP contribution is 2.25. The van der Waals surface area contributed by atoms with Crippen LogP contribution in [0.4, 0.5) is 5.82 Å². The van der Waals surface area contributed by atoms with Crippen molar-refractivity contribution in [3.05, 3.63) is 95.3 Å². The molecule has 1 aromatic heterocycles. The first-order valence-electron chi connectivity index (χ1n) is 12.0. The Kier molecular flexibility index (Phi) is 6.76. The van der Waals surface area contributed by atoms with Gasteiger partial charge in [0.25, 0.3) is 11.8 Å². The number of hydrogen-bond acceptors (Lipinski definition) is 7. The lowest BCUT2D eigenvalue weighted by Crippen LogP contribution is -2.30. The summed E-state index contributed by atoms with van der Waals surface area (Å²) >= 11 is 0. The van der Waals surface area contributed by atoms with Crippen molar-refractivity contribution in [3.8, 4) is 5.75 Å². The van der Waals surface area contributed by atoms with E-state index in [2.05, 4.69) is 20.6 Å². The Morgan fingerprint density at radius 3 is 2.46 bits per heavy atom. The highest BCUT2D eigenvalue weighted by Gasteiger charge is 2.20. The largest absolute Gasteiger partial charge is 0.508 e. The van der Waals surface area contributed by atoms with Gasteiger partial charge in [-0.05, 0) is 61.4 Å². The fourth-order valence-electron chi connectivity index (χ4n) is 4.34. The molecule has 37 heavy (non-hydrogen) atoms. The van der Waals surface area contributed by atoms with Gasteiger partial charge >= 0.3 is 0 Å². The van der Waals surface area contributed by atoms with Crippen molar-refractivity contribution in [1.29, 1.82) is 5.41 Å². The number of nitrogens with one attached hydrogen (secondary N) is 3. The number of nitrogens with zero attached hydrogens (tertiary/aromatic N) is 3. The number of phenolic OH excluding ortho intramolecular Hbond substituents is 1. The molecule has 0 atom stereocenters. The number of rotatable bonds is 6. The molecule has 1 aliphatic rings. The van der Waals surface area contributed by atoms with E-state index in [4.69, 9.17) is 5.41 Å². The molecule has 0 spiro atoms.